The average Bonchev–Trinajstić information content (AvgIpc) is 3.92. The summed E-state index contributed by atoms with van der Waals surface area (Å²) in [5, 5.41) is 7.55. The molecule has 3 nitrogen and oxygen atoms in total. The Morgan fingerprint density at radius 3 is 1.25 bits per heavy atom. The molecule has 0 aliphatic heterocycles. The first kappa shape index (κ1) is 31.7. The number of hydrogen-bond acceptors (Lipinski definition) is 0. The van der Waals surface area contributed by atoms with Gasteiger partial charge in [0.1, 0.15) is 0 Å². The molecule has 0 fully saturated rings. The second-order valence-electron chi connectivity index (χ2n) is 14.9. The molecule has 57 heavy (non-hydrogen) atoms. The lowest BCUT2D eigenvalue weighted by Crippen LogP contribution is -1.96. The number of hydrogen-bond donors (Lipinski definition) is 0. The van der Waals surface area contributed by atoms with Crippen molar-refractivity contribution >= 4 is 65.4 Å². The summed E-state index contributed by atoms with van der Waals surface area (Å²) in [7, 11) is 0. The van der Waals surface area contributed by atoms with Crippen molar-refractivity contribution in [3.63, 3.8) is 0 Å². The third-order valence-corrected chi connectivity index (χ3v) is 11.8. The predicted octanol–water partition coefficient (Wildman–Crippen LogP) is 14.3. The molecule has 0 N–H and O–H groups in total. The van der Waals surface area contributed by atoms with Crippen molar-refractivity contribution in [1.29, 1.82) is 0 Å². The van der Waals surface area contributed by atoms with E-state index in [-0.39, 0.29) is 0 Å². The van der Waals surface area contributed by atoms with Crippen LogP contribution < -0.4 is 0 Å². The van der Waals surface area contributed by atoms with Gasteiger partial charge in [-0.05, 0) is 95.1 Å². The minimum Gasteiger partial charge on any atom is -0.309 e. The Labute approximate surface area is 329 Å². The summed E-state index contributed by atoms with van der Waals surface area (Å²) in [6, 6.07) is 77.4. The van der Waals surface area contributed by atoms with Crippen LogP contribution in [-0.2, 0) is 0 Å². The van der Waals surface area contributed by atoms with Crippen LogP contribution in [-0.4, -0.2) is 13.7 Å². The molecule has 3 heterocycles. The average molecular weight is 726 g/mol. The lowest BCUT2D eigenvalue weighted by atomic mass is 9.98. The van der Waals surface area contributed by atoms with Crippen LogP contribution in [0, 0.1) is 0 Å². The Morgan fingerprint density at radius 1 is 0.228 bits per heavy atom. The Kier molecular flexibility index (Phi) is 6.93. The normalized spacial score (nSPS) is 11.9. The molecule has 12 rings (SSSR count). The molecule has 266 valence electrons. The number of nitrogens with zero attached hydrogens (tertiary/aromatic N) is 3. The van der Waals surface area contributed by atoms with Gasteiger partial charge < -0.3 is 13.7 Å². The fraction of sp³-hybridized carbons (Fsp3) is 0. The highest BCUT2D eigenvalue weighted by Gasteiger charge is 2.19. The van der Waals surface area contributed by atoms with Crippen LogP contribution in [0.15, 0.2) is 212 Å². The molecule has 0 saturated carbocycles. The van der Waals surface area contributed by atoms with E-state index >= 15 is 0 Å². The summed E-state index contributed by atoms with van der Waals surface area (Å²) in [5.41, 5.74) is 15.5. The zero-order valence-corrected chi connectivity index (χ0v) is 31.0. The number of aromatic nitrogens is 3. The van der Waals surface area contributed by atoms with Crippen molar-refractivity contribution in [2.45, 2.75) is 0 Å². The van der Waals surface area contributed by atoms with E-state index in [9.17, 15) is 0 Å². The lowest BCUT2D eigenvalue weighted by molar-refractivity contribution is 1.17. The minimum absolute atomic E-state index is 1.14. The van der Waals surface area contributed by atoms with Gasteiger partial charge in [0, 0.05) is 49.4 Å². The van der Waals surface area contributed by atoms with Crippen LogP contribution in [0.4, 0.5) is 0 Å². The molecule has 0 aliphatic rings. The topological polar surface area (TPSA) is 14.8 Å². The molecule has 0 amide bonds. The Morgan fingerprint density at radius 2 is 0.649 bits per heavy atom. The van der Waals surface area contributed by atoms with Gasteiger partial charge >= 0.3 is 0 Å². The largest absolute Gasteiger partial charge is 0.309 e. The SMILES string of the molecule is c1ccc(-n2c3ccccc3c3ccc(-c4cccc5c4c4ccccc4n5-c4cccc(-c5cccc(-n6c7ccccc7c7ccccc76)c5)c4)cc32)cc1. The van der Waals surface area contributed by atoms with Gasteiger partial charge in [-0.2, -0.15) is 0 Å². The highest BCUT2D eigenvalue weighted by atomic mass is 15.0. The van der Waals surface area contributed by atoms with Gasteiger partial charge in [0.05, 0.1) is 33.1 Å². The first-order valence-corrected chi connectivity index (χ1v) is 19.6. The van der Waals surface area contributed by atoms with Crippen LogP contribution in [0.3, 0.4) is 0 Å². The molecule has 3 aromatic heterocycles. The summed E-state index contributed by atoms with van der Waals surface area (Å²) < 4.78 is 7.23. The van der Waals surface area contributed by atoms with Crippen molar-refractivity contribution < 1.29 is 0 Å². The minimum atomic E-state index is 1.14. The summed E-state index contributed by atoms with van der Waals surface area (Å²) in [6.07, 6.45) is 0. The molecular weight excluding hydrogens is 691 g/mol. The third kappa shape index (κ3) is 4.79. The van der Waals surface area contributed by atoms with Crippen molar-refractivity contribution in [3.05, 3.63) is 212 Å². The smallest absolute Gasteiger partial charge is 0.0547 e. The van der Waals surface area contributed by atoms with E-state index in [2.05, 4.69) is 226 Å². The Balaban J connectivity index is 1.03. The van der Waals surface area contributed by atoms with Gasteiger partial charge in [0.15, 0.2) is 0 Å². The molecule has 0 atom stereocenters. The molecule has 0 radical (unpaired) electrons. The van der Waals surface area contributed by atoms with Crippen LogP contribution >= 0.6 is 0 Å². The van der Waals surface area contributed by atoms with Crippen LogP contribution in [0.2, 0.25) is 0 Å². The number of fused-ring (bicyclic) bond motifs is 9. The van der Waals surface area contributed by atoms with Gasteiger partial charge in [-0.3, -0.25) is 0 Å². The van der Waals surface area contributed by atoms with Crippen molar-refractivity contribution in [3.8, 4) is 39.3 Å². The fourth-order valence-electron chi connectivity index (χ4n) is 9.38. The van der Waals surface area contributed by atoms with E-state index in [1.54, 1.807) is 0 Å². The maximum atomic E-state index is 2.44. The van der Waals surface area contributed by atoms with Crippen LogP contribution in [0.1, 0.15) is 0 Å². The maximum Gasteiger partial charge on any atom is 0.0547 e. The van der Waals surface area contributed by atoms with E-state index in [4.69, 9.17) is 0 Å². The van der Waals surface area contributed by atoms with Gasteiger partial charge in [0.25, 0.3) is 0 Å². The van der Waals surface area contributed by atoms with Crippen LogP contribution in [0.25, 0.3) is 105 Å². The number of rotatable bonds is 5. The second-order valence-corrected chi connectivity index (χ2v) is 14.9. The molecule has 0 aliphatic carbocycles. The summed E-state index contributed by atoms with van der Waals surface area (Å²) in [4.78, 5) is 0. The van der Waals surface area contributed by atoms with E-state index in [1.165, 1.54) is 87.7 Å². The van der Waals surface area contributed by atoms with Gasteiger partial charge in [-0.15, -0.1) is 0 Å². The zero-order valence-electron chi connectivity index (χ0n) is 31.0. The monoisotopic (exact) mass is 725 g/mol. The first-order chi connectivity index (χ1) is 28.3. The molecule has 3 heteroatoms. The molecule has 0 saturated heterocycles. The number of benzene rings is 9. The van der Waals surface area contributed by atoms with Gasteiger partial charge in [-0.1, -0.05) is 140 Å². The van der Waals surface area contributed by atoms with Gasteiger partial charge in [-0.25, -0.2) is 0 Å². The maximum absolute atomic E-state index is 2.44. The lowest BCUT2D eigenvalue weighted by Gasteiger charge is -2.13. The van der Waals surface area contributed by atoms with E-state index in [1.807, 2.05) is 0 Å². The van der Waals surface area contributed by atoms with Crippen molar-refractivity contribution in [2.75, 3.05) is 0 Å². The summed E-state index contributed by atoms with van der Waals surface area (Å²) in [5.74, 6) is 0. The molecule has 0 unspecified atom stereocenters. The summed E-state index contributed by atoms with van der Waals surface area (Å²) in [6.45, 7) is 0. The third-order valence-electron chi connectivity index (χ3n) is 11.8. The highest BCUT2D eigenvalue weighted by molar-refractivity contribution is 6.17. The van der Waals surface area contributed by atoms with E-state index < -0.39 is 0 Å². The van der Waals surface area contributed by atoms with E-state index in [0.717, 1.165) is 17.1 Å². The standard InChI is InChI=1S/C54H35N3/c1-2-17-39(18-3-1)55-48-26-8-6-23-45(48)46-32-31-38(35-53(46)55)42-25-14-30-52-54(42)47-24-7-11-29-51(47)57(52)41-20-13-16-37(34-41)36-15-12-19-40(33-36)56-49-27-9-4-21-43(49)44-22-5-10-28-50(44)56/h1-35H. The molecule has 0 bridgehead atoms. The van der Waals surface area contributed by atoms with Crippen molar-refractivity contribution in [2.24, 2.45) is 0 Å². The number of para-hydroxylation sites is 5. The summed E-state index contributed by atoms with van der Waals surface area (Å²) >= 11 is 0. The van der Waals surface area contributed by atoms with Crippen molar-refractivity contribution in [1.82, 2.24) is 13.7 Å². The second kappa shape index (κ2) is 12.5. The van der Waals surface area contributed by atoms with Gasteiger partial charge in [0.2, 0.25) is 0 Å². The predicted molar refractivity (Wildman–Crippen MR) is 240 cm³/mol. The molecule has 12 aromatic rings. The molecule has 0 spiro atoms. The Hall–Kier alpha value is -7.62. The van der Waals surface area contributed by atoms with Crippen LogP contribution in [0.5, 0.6) is 0 Å². The van der Waals surface area contributed by atoms with E-state index in [0.29, 0.717) is 0 Å². The molecular formula is C54H35N3. The first-order valence-electron chi connectivity index (χ1n) is 19.6. The quantitative estimate of drug-likeness (QED) is 0.168. The zero-order chi connectivity index (χ0) is 37.5. The molecule has 9 aromatic carbocycles. The Bertz CT molecular complexity index is 3470. The fourth-order valence-corrected chi connectivity index (χ4v) is 9.38. The highest BCUT2D eigenvalue weighted by Crippen LogP contribution is 2.42.